The van der Waals surface area contributed by atoms with Crippen LogP contribution in [-0.2, 0) is 4.74 Å². The van der Waals surface area contributed by atoms with Crippen LogP contribution in [0.1, 0.15) is 31.1 Å². The molecule has 30 heavy (non-hydrogen) atoms. The molecule has 2 amide bonds. The Morgan fingerprint density at radius 1 is 0.900 bits per heavy atom. The molecule has 0 saturated carbocycles. The number of hydrogen-bond acceptors (Lipinski definition) is 5. The minimum absolute atomic E-state index is 0.0137. The van der Waals surface area contributed by atoms with Gasteiger partial charge in [-0.3, -0.25) is 9.59 Å². The normalized spacial score (nSPS) is 16.3. The summed E-state index contributed by atoms with van der Waals surface area (Å²) in [4.78, 5) is 41.2. The average Bonchev–Trinajstić information content (AvgIpc) is 2.78. The summed E-state index contributed by atoms with van der Waals surface area (Å²) in [5, 5.41) is 10.8. The molecule has 5 rings (SSSR count). The lowest BCUT2D eigenvalue weighted by atomic mass is 9.92. The van der Waals surface area contributed by atoms with Crippen molar-refractivity contribution in [2.45, 2.75) is 0 Å². The maximum absolute atomic E-state index is 13.3. The molecule has 0 radical (unpaired) electrons. The minimum atomic E-state index is -1.12. The third kappa shape index (κ3) is 2.74. The fraction of sp³-hybridized carbons (Fsp3) is 0.174. The number of imide groups is 1. The van der Waals surface area contributed by atoms with E-state index in [-0.39, 0.29) is 11.3 Å². The van der Waals surface area contributed by atoms with Crippen molar-refractivity contribution in [2.75, 3.05) is 36.1 Å². The Kier molecular flexibility index (Phi) is 4.25. The highest BCUT2D eigenvalue weighted by Gasteiger charge is 2.35. The Morgan fingerprint density at radius 3 is 2.33 bits per heavy atom. The molecule has 2 aliphatic rings. The largest absolute Gasteiger partial charge is 0.478 e. The number of rotatable bonds is 3. The lowest BCUT2D eigenvalue weighted by Gasteiger charge is -2.32. The second-order valence-electron chi connectivity index (χ2n) is 7.26. The summed E-state index contributed by atoms with van der Waals surface area (Å²) in [7, 11) is 0. The summed E-state index contributed by atoms with van der Waals surface area (Å²) in [6, 6.07) is 15.0. The Hall–Kier alpha value is -3.71. The van der Waals surface area contributed by atoms with Crippen molar-refractivity contribution in [3.63, 3.8) is 0 Å². The van der Waals surface area contributed by atoms with E-state index in [1.54, 1.807) is 18.2 Å². The number of carbonyl (C=O) groups is 3. The molecule has 1 saturated heterocycles. The van der Waals surface area contributed by atoms with Gasteiger partial charge < -0.3 is 14.7 Å². The summed E-state index contributed by atoms with van der Waals surface area (Å²) in [6.07, 6.45) is 0. The third-order valence-corrected chi connectivity index (χ3v) is 5.59. The first kappa shape index (κ1) is 18.3. The van der Waals surface area contributed by atoms with Gasteiger partial charge in [-0.1, -0.05) is 18.2 Å². The molecular weight excluding hydrogens is 384 g/mol. The standard InChI is InChI=1S/C23H18N2O5/c26-21-17-6-2-5-16-19(24-9-11-30-12-10-24)8-7-18(20(16)17)22(27)25(21)15-4-1-3-14(13-15)23(28)29/h1-8,13H,9-12H2,(H,28,29). The fourth-order valence-electron chi connectivity index (χ4n) is 4.17. The quantitative estimate of drug-likeness (QED) is 0.677. The Balaban J connectivity index is 1.66. The van der Waals surface area contributed by atoms with E-state index in [0.29, 0.717) is 29.7 Å². The highest BCUT2D eigenvalue weighted by molar-refractivity contribution is 6.36. The molecule has 150 valence electrons. The van der Waals surface area contributed by atoms with E-state index >= 15 is 0 Å². The predicted molar refractivity (Wildman–Crippen MR) is 112 cm³/mol. The van der Waals surface area contributed by atoms with E-state index in [0.717, 1.165) is 29.1 Å². The highest BCUT2D eigenvalue weighted by Crippen LogP contribution is 2.37. The van der Waals surface area contributed by atoms with Gasteiger partial charge in [-0.05, 0) is 36.4 Å². The van der Waals surface area contributed by atoms with Gasteiger partial charge in [0.1, 0.15) is 0 Å². The van der Waals surface area contributed by atoms with E-state index in [9.17, 15) is 19.5 Å². The molecule has 0 aliphatic carbocycles. The van der Waals surface area contributed by atoms with E-state index < -0.39 is 17.8 Å². The van der Waals surface area contributed by atoms with Crippen LogP contribution in [0.25, 0.3) is 10.8 Å². The number of morpholine rings is 1. The molecular formula is C23H18N2O5. The zero-order chi connectivity index (χ0) is 20.8. The summed E-state index contributed by atoms with van der Waals surface area (Å²) in [6.45, 7) is 2.76. The Bertz CT molecular complexity index is 1190. The van der Waals surface area contributed by atoms with Gasteiger partial charge in [0.25, 0.3) is 11.8 Å². The molecule has 0 aromatic heterocycles. The van der Waals surface area contributed by atoms with Crippen LogP contribution in [-0.4, -0.2) is 49.2 Å². The molecule has 1 N–H and O–H groups in total. The van der Waals surface area contributed by atoms with E-state index in [4.69, 9.17) is 4.74 Å². The number of aromatic carboxylic acids is 1. The van der Waals surface area contributed by atoms with Crippen LogP contribution in [0.2, 0.25) is 0 Å². The molecule has 7 heteroatoms. The van der Waals surface area contributed by atoms with Crippen LogP contribution in [0.5, 0.6) is 0 Å². The number of ether oxygens (including phenoxy) is 1. The van der Waals surface area contributed by atoms with Crippen molar-refractivity contribution in [1.82, 2.24) is 0 Å². The topological polar surface area (TPSA) is 87.2 Å². The van der Waals surface area contributed by atoms with E-state index in [1.807, 2.05) is 18.2 Å². The zero-order valence-electron chi connectivity index (χ0n) is 16.0. The number of carbonyl (C=O) groups excluding carboxylic acids is 2. The second-order valence-corrected chi connectivity index (χ2v) is 7.26. The Labute approximate surface area is 172 Å². The first-order valence-electron chi connectivity index (χ1n) is 9.67. The average molecular weight is 402 g/mol. The van der Waals surface area contributed by atoms with Crippen LogP contribution in [0.15, 0.2) is 54.6 Å². The molecule has 2 aliphatic heterocycles. The summed E-state index contributed by atoms with van der Waals surface area (Å²) in [5.74, 6) is -2.04. The summed E-state index contributed by atoms with van der Waals surface area (Å²) in [5.41, 5.74) is 2.08. The van der Waals surface area contributed by atoms with Crippen molar-refractivity contribution >= 4 is 39.9 Å². The molecule has 0 spiro atoms. The van der Waals surface area contributed by atoms with E-state index in [1.165, 1.54) is 18.2 Å². The molecule has 0 unspecified atom stereocenters. The van der Waals surface area contributed by atoms with Crippen LogP contribution in [0.3, 0.4) is 0 Å². The number of carboxylic acids is 1. The second kappa shape index (κ2) is 6.96. The molecule has 0 bridgehead atoms. The lowest BCUT2D eigenvalue weighted by Crippen LogP contribution is -2.41. The van der Waals surface area contributed by atoms with Crippen LogP contribution in [0.4, 0.5) is 11.4 Å². The monoisotopic (exact) mass is 402 g/mol. The fourth-order valence-corrected chi connectivity index (χ4v) is 4.17. The van der Waals surface area contributed by atoms with Crippen molar-refractivity contribution in [2.24, 2.45) is 0 Å². The van der Waals surface area contributed by atoms with Gasteiger partial charge in [0.15, 0.2) is 0 Å². The molecule has 3 aromatic carbocycles. The predicted octanol–water partition coefficient (Wildman–Crippen LogP) is 3.18. The molecule has 1 fully saturated rings. The van der Waals surface area contributed by atoms with Crippen molar-refractivity contribution < 1.29 is 24.2 Å². The number of carboxylic acid groups (broad SMARTS) is 1. The number of anilines is 2. The maximum Gasteiger partial charge on any atom is 0.335 e. The third-order valence-electron chi connectivity index (χ3n) is 5.59. The molecule has 0 atom stereocenters. The number of nitrogens with zero attached hydrogens (tertiary/aromatic N) is 2. The van der Waals surface area contributed by atoms with Gasteiger partial charge in [-0.25, -0.2) is 9.69 Å². The van der Waals surface area contributed by atoms with E-state index in [2.05, 4.69) is 4.90 Å². The first-order valence-corrected chi connectivity index (χ1v) is 9.67. The number of hydrogen-bond donors (Lipinski definition) is 1. The van der Waals surface area contributed by atoms with Gasteiger partial charge in [-0.2, -0.15) is 0 Å². The van der Waals surface area contributed by atoms with Gasteiger partial charge in [0.05, 0.1) is 24.5 Å². The van der Waals surface area contributed by atoms with Gasteiger partial charge in [-0.15, -0.1) is 0 Å². The maximum atomic E-state index is 13.3. The van der Waals surface area contributed by atoms with Crippen molar-refractivity contribution in [3.8, 4) is 0 Å². The van der Waals surface area contributed by atoms with Crippen LogP contribution < -0.4 is 9.80 Å². The van der Waals surface area contributed by atoms with Crippen LogP contribution in [0, 0.1) is 0 Å². The zero-order valence-corrected chi connectivity index (χ0v) is 16.0. The highest BCUT2D eigenvalue weighted by atomic mass is 16.5. The van der Waals surface area contributed by atoms with Crippen molar-refractivity contribution in [3.05, 3.63) is 71.3 Å². The van der Waals surface area contributed by atoms with Gasteiger partial charge in [0.2, 0.25) is 0 Å². The lowest BCUT2D eigenvalue weighted by molar-refractivity contribution is 0.0695. The molecule has 2 heterocycles. The summed E-state index contributed by atoms with van der Waals surface area (Å²) < 4.78 is 5.44. The van der Waals surface area contributed by atoms with Gasteiger partial charge >= 0.3 is 5.97 Å². The molecule has 3 aromatic rings. The minimum Gasteiger partial charge on any atom is -0.478 e. The molecule has 7 nitrogen and oxygen atoms in total. The Morgan fingerprint density at radius 2 is 1.60 bits per heavy atom. The smallest absolute Gasteiger partial charge is 0.335 e. The SMILES string of the molecule is O=C(O)c1cccc(N2C(=O)c3cccc4c(N5CCOCC5)ccc(c34)C2=O)c1. The number of benzene rings is 3. The van der Waals surface area contributed by atoms with Gasteiger partial charge in [0, 0.05) is 40.7 Å². The van der Waals surface area contributed by atoms with Crippen LogP contribution >= 0.6 is 0 Å². The number of amides is 2. The summed E-state index contributed by atoms with van der Waals surface area (Å²) >= 11 is 0. The first-order chi connectivity index (χ1) is 14.6. The van der Waals surface area contributed by atoms with Crippen molar-refractivity contribution in [1.29, 1.82) is 0 Å².